The summed E-state index contributed by atoms with van der Waals surface area (Å²) in [7, 11) is 0. The SMILES string of the molecule is CC(C)C1CC(C(C)(C)O)C2CC(C)C12. The molecule has 5 atom stereocenters. The van der Waals surface area contributed by atoms with Crippen molar-refractivity contribution in [3.63, 3.8) is 0 Å². The molecule has 0 aromatic carbocycles. The van der Waals surface area contributed by atoms with Crippen LogP contribution in [0.4, 0.5) is 0 Å². The fourth-order valence-corrected chi connectivity index (χ4v) is 4.30. The highest BCUT2D eigenvalue weighted by atomic mass is 16.3. The number of hydrogen-bond donors (Lipinski definition) is 1. The van der Waals surface area contributed by atoms with Crippen molar-refractivity contribution in [2.24, 2.45) is 35.5 Å². The Hall–Kier alpha value is -0.0400. The van der Waals surface area contributed by atoms with Gasteiger partial charge >= 0.3 is 0 Å². The smallest absolute Gasteiger partial charge is 0.0622 e. The maximum absolute atomic E-state index is 10.2. The Kier molecular flexibility index (Phi) is 2.65. The second kappa shape index (κ2) is 3.48. The lowest BCUT2D eigenvalue weighted by molar-refractivity contribution is -0.0415. The van der Waals surface area contributed by atoms with E-state index in [1.165, 1.54) is 12.8 Å². The minimum absolute atomic E-state index is 0.466. The number of fused-ring (bicyclic) bond motifs is 1. The highest BCUT2D eigenvalue weighted by Crippen LogP contribution is 2.60. The van der Waals surface area contributed by atoms with Crippen LogP contribution in [0.25, 0.3) is 0 Å². The van der Waals surface area contributed by atoms with Crippen molar-refractivity contribution in [3.8, 4) is 0 Å². The van der Waals surface area contributed by atoms with E-state index in [4.69, 9.17) is 0 Å². The summed E-state index contributed by atoms with van der Waals surface area (Å²) in [5.74, 6) is 4.80. The largest absolute Gasteiger partial charge is 0.390 e. The molecule has 0 aromatic rings. The fourth-order valence-electron chi connectivity index (χ4n) is 4.30. The highest BCUT2D eigenvalue weighted by Gasteiger charge is 2.56. The third-order valence-electron chi connectivity index (χ3n) is 5.10. The van der Waals surface area contributed by atoms with E-state index in [1.54, 1.807) is 0 Å². The first-order chi connectivity index (χ1) is 6.82. The number of hydrogen-bond acceptors (Lipinski definition) is 1. The summed E-state index contributed by atoms with van der Waals surface area (Å²) in [5, 5.41) is 10.2. The molecule has 2 aliphatic carbocycles. The Balaban J connectivity index is 2.15. The Labute approximate surface area is 94.3 Å². The van der Waals surface area contributed by atoms with Gasteiger partial charge in [0, 0.05) is 0 Å². The third-order valence-corrected chi connectivity index (χ3v) is 5.10. The third kappa shape index (κ3) is 1.73. The molecule has 1 N–H and O–H groups in total. The second-order valence-corrected chi connectivity index (χ2v) is 6.86. The molecule has 0 heterocycles. The fraction of sp³-hybridized carbons (Fsp3) is 1.00. The average Bonchev–Trinajstić information content (AvgIpc) is 2.36. The van der Waals surface area contributed by atoms with Gasteiger partial charge in [-0.15, -0.1) is 0 Å². The quantitative estimate of drug-likeness (QED) is 0.741. The van der Waals surface area contributed by atoms with E-state index in [1.807, 2.05) is 13.8 Å². The zero-order chi connectivity index (χ0) is 11.4. The van der Waals surface area contributed by atoms with Crippen LogP contribution in [0.5, 0.6) is 0 Å². The molecule has 0 spiro atoms. The maximum Gasteiger partial charge on any atom is 0.0622 e. The summed E-state index contributed by atoms with van der Waals surface area (Å²) in [4.78, 5) is 0. The van der Waals surface area contributed by atoms with E-state index in [0.717, 1.165) is 29.6 Å². The van der Waals surface area contributed by atoms with Crippen molar-refractivity contribution in [2.75, 3.05) is 0 Å². The molecule has 0 saturated heterocycles. The van der Waals surface area contributed by atoms with Gasteiger partial charge in [-0.3, -0.25) is 0 Å². The molecule has 0 bridgehead atoms. The summed E-state index contributed by atoms with van der Waals surface area (Å²) in [6, 6.07) is 0. The molecule has 2 rings (SSSR count). The molecular weight excluding hydrogens is 184 g/mol. The van der Waals surface area contributed by atoms with Crippen LogP contribution in [0, 0.1) is 35.5 Å². The molecule has 15 heavy (non-hydrogen) atoms. The van der Waals surface area contributed by atoms with Crippen LogP contribution in [0.15, 0.2) is 0 Å². The van der Waals surface area contributed by atoms with Crippen LogP contribution in [-0.4, -0.2) is 10.7 Å². The van der Waals surface area contributed by atoms with Gasteiger partial charge in [0.15, 0.2) is 0 Å². The van der Waals surface area contributed by atoms with Crippen LogP contribution < -0.4 is 0 Å². The van der Waals surface area contributed by atoms with Gasteiger partial charge in [0.25, 0.3) is 0 Å². The molecule has 0 aliphatic heterocycles. The lowest BCUT2D eigenvalue weighted by Gasteiger charge is -2.46. The molecule has 0 aromatic heterocycles. The van der Waals surface area contributed by atoms with Crippen LogP contribution in [0.2, 0.25) is 0 Å². The lowest BCUT2D eigenvalue weighted by atomic mass is 9.60. The Morgan fingerprint density at radius 2 is 1.80 bits per heavy atom. The van der Waals surface area contributed by atoms with Gasteiger partial charge in [0.2, 0.25) is 0 Å². The molecular formula is C14H26O. The molecule has 88 valence electrons. The molecule has 2 aliphatic rings. The van der Waals surface area contributed by atoms with Gasteiger partial charge in [-0.05, 0) is 62.2 Å². The van der Waals surface area contributed by atoms with Crippen LogP contribution in [0.3, 0.4) is 0 Å². The van der Waals surface area contributed by atoms with E-state index in [9.17, 15) is 5.11 Å². The van der Waals surface area contributed by atoms with E-state index in [2.05, 4.69) is 20.8 Å². The first-order valence-electron chi connectivity index (χ1n) is 6.54. The number of rotatable bonds is 2. The van der Waals surface area contributed by atoms with Crippen LogP contribution in [-0.2, 0) is 0 Å². The first-order valence-corrected chi connectivity index (χ1v) is 6.54. The van der Waals surface area contributed by atoms with E-state index < -0.39 is 5.60 Å². The van der Waals surface area contributed by atoms with E-state index in [0.29, 0.717) is 5.92 Å². The van der Waals surface area contributed by atoms with Gasteiger partial charge in [-0.25, -0.2) is 0 Å². The minimum Gasteiger partial charge on any atom is -0.390 e. The normalized spacial score (nSPS) is 45.4. The van der Waals surface area contributed by atoms with Crippen molar-refractivity contribution in [3.05, 3.63) is 0 Å². The summed E-state index contributed by atoms with van der Waals surface area (Å²) in [6.07, 6.45) is 2.60. The Morgan fingerprint density at radius 3 is 2.13 bits per heavy atom. The highest BCUT2D eigenvalue weighted by molar-refractivity contribution is 5.05. The van der Waals surface area contributed by atoms with Gasteiger partial charge in [-0.2, -0.15) is 0 Å². The molecule has 5 unspecified atom stereocenters. The summed E-state index contributed by atoms with van der Waals surface area (Å²) in [5.41, 5.74) is -0.466. The Morgan fingerprint density at radius 1 is 1.20 bits per heavy atom. The molecule has 2 saturated carbocycles. The van der Waals surface area contributed by atoms with Gasteiger partial charge in [0.1, 0.15) is 0 Å². The predicted molar refractivity (Wildman–Crippen MR) is 63.5 cm³/mol. The minimum atomic E-state index is -0.466. The van der Waals surface area contributed by atoms with Crippen molar-refractivity contribution in [1.29, 1.82) is 0 Å². The van der Waals surface area contributed by atoms with Crippen molar-refractivity contribution in [2.45, 2.75) is 53.1 Å². The van der Waals surface area contributed by atoms with Gasteiger partial charge in [-0.1, -0.05) is 20.8 Å². The summed E-state index contributed by atoms with van der Waals surface area (Å²) < 4.78 is 0. The second-order valence-electron chi connectivity index (χ2n) is 6.86. The van der Waals surface area contributed by atoms with Crippen LogP contribution >= 0.6 is 0 Å². The summed E-state index contributed by atoms with van der Waals surface area (Å²) in [6.45, 7) is 11.1. The van der Waals surface area contributed by atoms with Crippen molar-refractivity contribution in [1.82, 2.24) is 0 Å². The van der Waals surface area contributed by atoms with Crippen molar-refractivity contribution < 1.29 is 5.11 Å². The Bertz CT molecular complexity index is 233. The standard InChI is InChI=1S/C14H26O/c1-8(2)10-7-12(14(4,5)15)11-6-9(3)13(10)11/h8-13,15H,6-7H2,1-5H3. The molecule has 1 nitrogen and oxygen atoms in total. The van der Waals surface area contributed by atoms with Crippen LogP contribution in [0.1, 0.15) is 47.5 Å². The molecule has 0 radical (unpaired) electrons. The zero-order valence-corrected chi connectivity index (χ0v) is 10.8. The van der Waals surface area contributed by atoms with Crippen molar-refractivity contribution >= 4 is 0 Å². The van der Waals surface area contributed by atoms with E-state index in [-0.39, 0.29) is 0 Å². The monoisotopic (exact) mass is 210 g/mol. The summed E-state index contributed by atoms with van der Waals surface area (Å²) >= 11 is 0. The van der Waals surface area contributed by atoms with E-state index >= 15 is 0 Å². The van der Waals surface area contributed by atoms with Gasteiger partial charge < -0.3 is 5.11 Å². The average molecular weight is 210 g/mol. The zero-order valence-electron chi connectivity index (χ0n) is 10.8. The molecule has 1 heteroatoms. The maximum atomic E-state index is 10.2. The molecule has 0 amide bonds. The lowest BCUT2D eigenvalue weighted by Crippen LogP contribution is -2.43. The first kappa shape index (κ1) is 11.4. The topological polar surface area (TPSA) is 20.2 Å². The van der Waals surface area contributed by atoms with Gasteiger partial charge in [0.05, 0.1) is 5.60 Å². The molecule has 2 fully saturated rings. The predicted octanol–water partition coefficient (Wildman–Crippen LogP) is 3.32. The number of aliphatic hydroxyl groups is 1.